The molecule has 0 atom stereocenters. The Morgan fingerprint density at radius 1 is 1.07 bits per heavy atom. The number of amides is 1. The van der Waals surface area contributed by atoms with Crippen molar-refractivity contribution in [3.63, 3.8) is 0 Å². The predicted octanol–water partition coefficient (Wildman–Crippen LogP) is 5.15. The zero-order valence-corrected chi connectivity index (χ0v) is 16.0. The zero-order valence-electron chi connectivity index (χ0n) is 14.5. The molecule has 1 amide bonds. The quantitative estimate of drug-likeness (QED) is 0.596. The number of nitrogens with one attached hydrogen (secondary N) is 1. The number of carbonyl (C=O) groups excluding carboxylic acids is 1. The van der Waals surface area contributed by atoms with E-state index < -0.39 is 5.91 Å². The Morgan fingerprint density at radius 3 is 2.59 bits per heavy atom. The lowest BCUT2D eigenvalue weighted by Crippen LogP contribution is -2.14. The van der Waals surface area contributed by atoms with E-state index in [9.17, 15) is 4.79 Å². The molecule has 1 aromatic carbocycles. The van der Waals surface area contributed by atoms with Crippen LogP contribution in [0.3, 0.4) is 0 Å². The van der Waals surface area contributed by atoms with Crippen LogP contribution in [0.4, 0.5) is 5.69 Å². The lowest BCUT2D eigenvalue weighted by Gasteiger charge is -2.11. The number of aromatic nitrogens is 2. The first-order valence-electron chi connectivity index (χ1n) is 7.88. The number of halogens is 2. The normalized spacial score (nSPS) is 10.4. The number of ether oxygens (including phenoxy) is 2. The van der Waals surface area contributed by atoms with Crippen molar-refractivity contribution < 1.29 is 14.3 Å². The first-order valence-corrected chi connectivity index (χ1v) is 8.64. The third-order valence-corrected chi connectivity index (χ3v) is 4.07. The van der Waals surface area contributed by atoms with E-state index in [0.29, 0.717) is 23.1 Å². The Hall–Kier alpha value is -2.83. The second kappa shape index (κ2) is 8.24. The summed E-state index contributed by atoms with van der Waals surface area (Å²) < 4.78 is 11.0. The highest BCUT2D eigenvalue weighted by Crippen LogP contribution is 2.31. The van der Waals surface area contributed by atoms with Crippen molar-refractivity contribution in [3.8, 4) is 17.4 Å². The molecule has 0 saturated heterocycles. The molecule has 6 nitrogen and oxygen atoms in total. The van der Waals surface area contributed by atoms with Crippen LogP contribution in [0.1, 0.15) is 16.1 Å². The van der Waals surface area contributed by atoms with Crippen LogP contribution in [0, 0.1) is 6.92 Å². The summed E-state index contributed by atoms with van der Waals surface area (Å²) in [5.74, 6) is 1.02. The fourth-order valence-corrected chi connectivity index (χ4v) is 2.59. The van der Waals surface area contributed by atoms with Gasteiger partial charge in [-0.2, -0.15) is 0 Å². The Bertz CT molecular complexity index is 978. The average Bonchev–Trinajstić information content (AvgIpc) is 2.66. The molecule has 0 aliphatic rings. The summed E-state index contributed by atoms with van der Waals surface area (Å²) in [4.78, 5) is 20.4. The third kappa shape index (κ3) is 4.67. The fraction of sp³-hybridized carbons (Fsp3) is 0.105. The van der Waals surface area contributed by atoms with Crippen molar-refractivity contribution in [3.05, 3.63) is 70.1 Å². The van der Waals surface area contributed by atoms with Gasteiger partial charge in [-0.3, -0.25) is 4.79 Å². The SMILES string of the molecule is COc1cc(C)ccc1Oc1ccc(NC(=O)c2nc(Cl)ccc2Cl)cn1. The monoisotopic (exact) mass is 403 g/mol. The molecule has 0 fully saturated rings. The molecule has 3 aromatic rings. The number of pyridine rings is 2. The summed E-state index contributed by atoms with van der Waals surface area (Å²) in [6.07, 6.45) is 1.46. The molecule has 2 aromatic heterocycles. The van der Waals surface area contributed by atoms with Crippen LogP contribution in [0.5, 0.6) is 17.4 Å². The number of aryl methyl sites for hydroxylation is 1. The van der Waals surface area contributed by atoms with Crippen LogP contribution in [-0.2, 0) is 0 Å². The second-order valence-corrected chi connectivity index (χ2v) is 6.35. The van der Waals surface area contributed by atoms with Crippen LogP contribution in [0.15, 0.2) is 48.7 Å². The first kappa shape index (κ1) is 18.9. The molecule has 0 bridgehead atoms. The van der Waals surface area contributed by atoms with E-state index in [0.717, 1.165) is 5.56 Å². The molecule has 8 heteroatoms. The van der Waals surface area contributed by atoms with E-state index in [2.05, 4.69) is 15.3 Å². The molecule has 1 N–H and O–H groups in total. The first-order chi connectivity index (χ1) is 13.0. The summed E-state index contributed by atoms with van der Waals surface area (Å²) in [7, 11) is 1.57. The molecule has 3 rings (SSSR count). The summed E-state index contributed by atoms with van der Waals surface area (Å²) in [6, 6.07) is 11.9. The van der Waals surface area contributed by atoms with Gasteiger partial charge < -0.3 is 14.8 Å². The van der Waals surface area contributed by atoms with Gasteiger partial charge in [-0.05, 0) is 42.8 Å². The lowest BCUT2D eigenvalue weighted by molar-refractivity contribution is 0.102. The van der Waals surface area contributed by atoms with Crippen molar-refractivity contribution in [2.24, 2.45) is 0 Å². The maximum atomic E-state index is 12.3. The maximum Gasteiger partial charge on any atom is 0.275 e. The van der Waals surface area contributed by atoms with Crippen LogP contribution in [0.2, 0.25) is 10.2 Å². The standard InChI is InChI=1S/C19H15Cl2N3O3/c1-11-3-6-14(15(9-11)26-2)27-17-8-4-12(10-22-17)23-19(25)18-13(20)5-7-16(21)24-18/h3-10H,1-2H3,(H,23,25). The third-order valence-electron chi connectivity index (χ3n) is 3.55. The van der Waals surface area contributed by atoms with Gasteiger partial charge >= 0.3 is 0 Å². The van der Waals surface area contributed by atoms with Crippen LogP contribution in [0.25, 0.3) is 0 Å². The molecule has 2 heterocycles. The second-order valence-electron chi connectivity index (χ2n) is 5.56. The predicted molar refractivity (Wildman–Crippen MR) is 104 cm³/mol. The number of nitrogens with zero attached hydrogens (tertiary/aromatic N) is 2. The lowest BCUT2D eigenvalue weighted by atomic mass is 10.2. The number of anilines is 1. The van der Waals surface area contributed by atoms with Gasteiger partial charge in [-0.15, -0.1) is 0 Å². The van der Waals surface area contributed by atoms with Gasteiger partial charge in [0.2, 0.25) is 5.88 Å². The van der Waals surface area contributed by atoms with Gasteiger partial charge in [0.15, 0.2) is 11.5 Å². The van der Waals surface area contributed by atoms with E-state index >= 15 is 0 Å². The molecule has 138 valence electrons. The number of hydrogen-bond acceptors (Lipinski definition) is 5. The summed E-state index contributed by atoms with van der Waals surface area (Å²) >= 11 is 11.8. The number of rotatable bonds is 5. The summed E-state index contributed by atoms with van der Waals surface area (Å²) in [5, 5.41) is 3.04. The van der Waals surface area contributed by atoms with E-state index in [1.165, 1.54) is 18.3 Å². The van der Waals surface area contributed by atoms with Crippen LogP contribution < -0.4 is 14.8 Å². The zero-order chi connectivity index (χ0) is 19.4. The summed E-state index contributed by atoms with van der Waals surface area (Å²) in [5.41, 5.74) is 1.55. The molecule has 0 spiro atoms. The van der Waals surface area contributed by atoms with E-state index in [-0.39, 0.29) is 15.9 Å². The Balaban J connectivity index is 1.72. The minimum atomic E-state index is -0.488. The van der Waals surface area contributed by atoms with Crippen molar-refractivity contribution in [1.29, 1.82) is 0 Å². The van der Waals surface area contributed by atoms with Gasteiger partial charge in [0.05, 0.1) is 24.0 Å². The van der Waals surface area contributed by atoms with Crippen molar-refractivity contribution in [2.75, 3.05) is 12.4 Å². The van der Waals surface area contributed by atoms with E-state index in [1.807, 2.05) is 19.1 Å². The Morgan fingerprint density at radius 2 is 1.89 bits per heavy atom. The largest absolute Gasteiger partial charge is 0.493 e. The smallest absolute Gasteiger partial charge is 0.275 e. The van der Waals surface area contributed by atoms with Gasteiger partial charge in [0.1, 0.15) is 10.8 Å². The highest BCUT2D eigenvalue weighted by Gasteiger charge is 2.14. The molecular formula is C19H15Cl2N3O3. The topological polar surface area (TPSA) is 73.3 Å². The Labute approximate surface area is 166 Å². The van der Waals surface area contributed by atoms with Crippen LogP contribution in [-0.4, -0.2) is 23.0 Å². The van der Waals surface area contributed by atoms with Crippen molar-refractivity contribution in [1.82, 2.24) is 9.97 Å². The number of benzene rings is 1. The molecule has 0 saturated carbocycles. The van der Waals surface area contributed by atoms with Crippen molar-refractivity contribution >= 4 is 34.8 Å². The van der Waals surface area contributed by atoms with Gasteiger partial charge in [-0.25, -0.2) is 9.97 Å². The molecule has 0 unspecified atom stereocenters. The highest BCUT2D eigenvalue weighted by atomic mass is 35.5. The van der Waals surface area contributed by atoms with Gasteiger partial charge in [0.25, 0.3) is 5.91 Å². The van der Waals surface area contributed by atoms with Gasteiger partial charge in [0, 0.05) is 6.07 Å². The maximum absolute atomic E-state index is 12.3. The minimum absolute atomic E-state index is 0.0360. The van der Waals surface area contributed by atoms with Gasteiger partial charge in [-0.1, -0.05) is 29.3 Å². The molecule has 0 aliphatic heterocycles. The number of carbonyl (C=O) groups is 1. The minimum Gasteiger partial charge on any atom is -0.493 e. The molecule has 0 aliphatic carbocycles. The van der Waals surface area contributed by atoms with E-state index in [1.54, 1.807) is 25.3 Å². The molecule has 27 heavy (non-hydrogen) atoms. The summed E-state index contributed by atoms with van der Waals surface area (Å²) in [6.45, 7) is 1.96. The number of hydrogen-bond donors (Lipinski definition) is 1. The molecule has 0 radical (unpaired) electrons. The van der Waals surface area contributed by atoms with Crippen molar-refractivity contribution in [2.45, 2.75) is 6.92 Å². The highest BCUT2D eigenvalue weighted by molar-refractivity contribution is 6.35. The molecular weight excluding hydrogens is 389 g/mol. The fourth-order valence-electron chi connectivity index (χ4n) is 2.25. The number of methoxy groups -OCH3 is 1. The van der Waals surface area contributed by atoms with Crippen LogP contribution >= 0.6 is 23.2 Å². The van der Waals surface area contributed by atoms with E-state index in [4.69, 9.17) is 32.7 Å². The Kier molecular flexibility index (Phi) is 5.78. The average molecular weight is 404 g/mol.